The Morgan fingerprint density at radius 2 is 1.77 bits per heavy atom. The summed E-state index contributed by atoms with van der Waals surface area (Å²) in [4.78, 5) is 27.4. The quantitative estimate of drug-likeness (QED) is 0.541. The van der Waals surface area contributed by atoms with Gasteiger partial charge in [-0.1, -0.05) is 37.1 Å². The minimum atomic E-state index is -0.583. The Hall–Kier alpha value is -2.82. The van der Waals surface area contributed by atoms with Crippen molar-refractivity contribution < 1.29 is 14.3 Å². The summed E-state index contributed by atoms with van der Waals surface area (Å²) in [7, 11) is 0. The molecule has 186 valence electrons. The number of fused-ring (bicyclic) bond motifs is 1. The molecule has 2 fully saturated rings. The molecule has 1 N–H and O–H groups in total. The fourth-order valence-electron chi connectivity index (χ4n) is 6.39. The van der Waals surface area contributed by atoms with Crippen LogP contribution in [0.25, 0.3) is 11.1 Å². The summed E-state index contributed by atoms with van der Waals surface area (Å²) in [5.74, 6) is -0.149. The lowest BCUT2D eigenvalue weighted by atomic mass is 9.83. The van der Waals surface area contributed by atoms with Crippen LogP contribution in [0.15, 0.2) is 36.4 Å². The number of nitrogens with zero attached hydrogens (tertiary/aromatic N) is 1. The van der Waals surface area contributed by atoms with Crippen LogP contribution in [0, 0.1) is 12.3 Å². The third kappa shape index (κ3) is 4.82. The van der Waals surface area contributed by atoms with E-state index >= 15 is 0 Å². The fraction of sp³-hybridized carbons (Fsp3) is 0.533. The lowest BCUT2D eigenvalue weighted by Gasteiger charge is -2.28. The van der Waals surface area contributed by atoms with Crippen LogP contribution in [0.2, 0.25) is 0 Å². The Morgan fingerprint density at radius 3 is 2.51 bits per heavy atom. The Balaban J connectivity index is 1.35. The van der Waals surface area contributed by atoms with E-state index in [9.17, 15) is 9.59 Å². The predicted molar refractivity (Wildman–Crippen MR) is 140 cm³/mol. The second kappa shape index (κ2) is 9.00. The lowest BCUT2D eigenvalue weighted by Crippen LogP contribution is -2.45. The minimum absolute atomic E-state index is 0.149. The molecular formula is C30H38N2O3. The van der Waals surface area contributed by atoms with Gasteiger partial charge in [-0.2, -0.15) is 0 Å². The Labute approximate surface area is 209 Å². The maximum atomic E-state index is 13.2. The van der Waals surface area contributed by atoms with E-state index in [1.807, 2.05) is 32.9 Å². The third-order valence-electron chi connectivity index (χ3n) is 8.06. The number of carbonyl (C=O) groups excluding carboxylic acids is 2. The molecule has 1 spiro atoms. The van der Waals surface area contributed by atoms with E-state index in [0.717, 1.165) is 17.7 Å². The van der Waals surface area contributed by atoms with Gasteiger partial charge in [-0.3, -0.25) is 9.69 Å². The average Bonchev–Trinajstić information content (AvgIpc) is 3.53. The largest absolute Gasteiger partial charge is 0.444 e. The van der Waals surface area contributed by atoms with Crippen molar-refractivity contribution in [2.75, 3.05) is 11.9 Å². The molecule has 0 bridgehead atoms. The van der Waals surface area contributed by atoms with E-state index in [1.165, 1.54) is 60.8 Å². The highest BCUT2D eigenvalue weighted by atomic mass is 16.6. The number of rotatable bonds is 3. The van der Waals surface area contributed by atoms with Crippen molar-refractivity contribution in [3.8, 4) is 11.1 Å². The highest BCUT2D eigenvalue weighted by Crippen LogP contribution is 2.51. The van der Waals surface area contributed by atoms with Gasteiger partial charge in [-0.25, -0.2) is 4.79 Å². The molecule has 1 heterocycles. The third-order valence-corrected chi connectivity index (χ3v) is 8.06. The van der Waals surface area contributed by atoms with Crippen LogP contribution in [0.3, 0.4) is 0 Å². The molecule has 1 aliphatic heterocycles. The number of hydrogen-bond donors (Lipinski definition) is 1. The first-order valence-corrected chi connectivity index (χ1v) is 13.2. The molecular weight excluding hydrogens is 436 g/mol. The van der Waals surface area contributed by atoms with Crippen LogP contribution in [0.1, 0.15) is 76.0 Å². The van der Waals surface area contributed by atoms with Crippen LogP contribution < -0.4 is 5.32 Å². The maximum absolute atomic E-state index is 13.2. The van der Waals surface area contributed by atoms with Crippen molar-refractivity contribution in [2.45, 2.75) is 90.7 Å². The zero-order valence-corrected chi connectivity index (χ0v) is 21.6. The van der Waals surface area contributed by atoms with Gasteiger partial charge in [0, 0.05) is 12.2 Å². The zero-order chi connectivity index (χ0) is 24.8. The summed E-state index contributed by atoms with van der Waals surface area (Å²) < 4.78 is 5.53. The van der Waals surface area contributed by atoms with E-state index < -0.39 is 17.7 Å². The Kier molecular flexibility index (Phi) is 6.14. The first kappa shape index (κ1) is 23.9. The van der Waals surface area contributed by atoms with Crippen molar-refractivity contribution in [2.24, 2.45) is 5.41 Å². The molecule has 2 amide bonds. The molecule has 0 aromatic heterocycles. The number of hydrogen-bond acceptors (Lipinski definition) is 3. The second-order valence-corrected chi connectivity index (χ2v) is 11.8. The molecule has 0 unspecified atom stereocenters. The smallest absolute Gasteiger partial charge is 0.410 e. The summed E-state index contributed by atoms with van der Waals surface area (Å²) in [5, 5.41) is 3.08. The normalized spacial score (nSPS) is 20.8. The van der Waals surface area contributed by atoms with Crippen molar-refractivity contribution >= 4 is 17.7 Å². The van der Waals surface area contributed by atoms with Crippen LogP contribution >= 0.6 is 0 Å². The highest BCUT2D eigenvalue weighted by molar-refractivity contribution is 5.97. The standard InChI is InChI=1S/C30H38N2O3/c1-20-12-13-23(25-19-30(18-24(20)25)14-5-6-15-30)21-9-7-10-22(17-21)31-27(33)26-11-8-16-32(26)28(34)35-29(2,3)4/h7,9-10,12-13,17,26H,5-6,8,11,14-16,18-19H2,1-4H3,(H,31,33)/t26-/m0/s1. The first-order chi connectivity index (χ1) is 16.6. The zero-order valence-electron chi connectivity index (χ0n) is 21.6. The minimum Gasteiger partial charge on any atom is -0.444 e. The van der Waals surface area contributed by atoms with Gasteiger partial charge < -0.3 is 10.1 Å². The first-order valence-electron chi connectivity index (χ1n) is 13.2. The monoisotopic (exact) mass is 474 g/mol. The van der Waals surface area contributed by atoms with Crippen LogP contribution in [0.4, 0.5) is 10.5 Å². The van der Waals surface area contributed by atoms with Crippen LogP contribution in [-0.4, -0.2) is 35.1 Å². The van der Waals surface area contributed by atoms with Gasteiger partial charge in [-0.15, -0.1) is 0 Å². The summed E-state index contributed by atoms with van der Waals surface area (Å²) in [5.41, 5.74) is 7.53. The molecule has 0 radical (unpaired) electrons. The summed E-state index contributed by atoms with van der Waals surface area (Å²) >= 11 is 0. The second-order valence-electron chi connectivity index (χ2n) is 11.8. The summed E-state index contributed by atoms with van der Waals surface area (Å²) in [6.07, 6.45) is 8.80. The molecule has 2 aromatic rings. The topological polar surface area (TPSA) is 58.6 Å². The molecule has 1 atom stereocenters. The van der Waals surface area contributed by atoms with E-state index in [0.29, 0.717) is 18.4 Å². The van der Waals surface area contributed by atoms with Gasteiger partial charge >= 0.3 is 6.09 Å². The fourth-order valence-corrected chi connectivity index (χ4v) is 6.39. The van der Waals surface area contributed by atoms with E-state index in [-0.39, 0.29) is 5.91 Å². The van der Waals surface area contributed by atoms with Gasteiger partial charge in [0.05, 0.1) is 0 Å². The molecule has 35 heavy (non-hydrogen) atoms. The number of nitrogens with one attached hydrogen (secondary N) is 1. The van der Waals surface area contributed by atoms with E-state index in [1.54, 1.807) is 4.90 Å². The van der Waals surface area contributed by atoms with Crippen LogP contribution in [-0.2, 0) is 22.4 Å². The Morgan fingerprint density at radius 1 is 1.03 bits per heavy atom. The van der Waals surface area contributed by atoms with E-state index in [2.05, 4.69) is 36.5 Å². The number of aryl methyl sites for hydroxylation is 1. The van der Waals surface area contributed by atoms with Gasteiger partial charge in [0.15, 0.2) is 0 Å². The van der Waals surface area contributed by atoms with Crippen molar-refractivity contribution in [1.29, 1.82) is 0 Å². The van der Waals surface area contributed by atoms with Crippen molar-refractivity contribution in [3.63, 3.8) is 0 Å². The van der Waals surface area contributed by atoms with Gasteiger partial charge in [-0.05, 0) is 112 Å². The van der Waals surface area contributed by atoms with Gasteiger partial charge in [0.2, 0.25) is 5.91 Å². The van der Waals surface area contributed by atoms with Gasteiger partial charge in [0.25, 0.3) is 0 Å². The van der Waals surface area contributed by atoms with Gasteiger partial charge in [0.1, 0.15) is 11.6 Å². The van der Waals surface area contributed by atoms with Crippen molar-refractivity contribution in [1.82, 2.24) is 4.90 Å². The Bertz CT molecular complexity index is 1140. The molecule has 1 saturated heterocycles. The number of anilines is 1. The maximum Gasteiger partial charge on any atom is 0.410 e. The summed E-state index contributed by atoms with van der Waals surface area (Å²) in [6, 6.07) is 12.2. The lowest BCUT2D eigenvalue weighted by molar-refractivity contribution is -0.120. The number of ether oxygens (including phenoxy) is 1. The van der Waals surface area contributed by atoms with Crippen LogP contribution in [0.5, 0.6) is 0 Å². The number of likely N-dealkylation sites (tertiary alicyclic amines) is 1. The highest BCUT2D eigenvalue weighted by Gasteiger charge is 2.41. The molecule has 5 nitrogen and oxygen atoms in total. The molecule has 3 aliphatic rings. The molecule has 1 saturated carbocycles. The van der Waals surface area contributed by atoms with Crippen molar-refractivity contribution in [3.05, 3.63) is 53.1 Å². The molecule has 5 rings (SSSR count). The van der Waals surface area contributed by atoms with E-state index in [4.69, 9.17) is 4.74 Å². The number of carbonyl (C=O) groups is 2. The molecule has 5 heteroatoms. The molecule has 2 aliphatic carbocycles. The SMILES string of the molecule is Cc1ccc(-c2cccc(NC(=O)[C@@H]3CCCN3C(=O)OC(C)(C)C)c2)c2c1CC1(CCCC1)C2. The number of benzene rings is 2. The molecule has 2 aromatic carbocycles. The number of amides is 2. The predicted octanol–water partition coefficient (Wildman–Crippen LogP) is 6.66. The summed E-state index contributed by atoms with van der Waals surface area (Å²) in [6.45, 7) is 8.32. The average molecular weight is 475 g/mol.